The first-order chi connectivity index (χ1) is 14.6. The molecule has 152 valence electrons. The highest BCUT2D eigenvalue weighted by Crippen LogP contribution is 2.35. The van der Waals surface area contributed by atoms with Crippen molar-refractivity contribution in [3.05, 3.63) is 58.9 Å². The number of nitrogens with zero attached hydrogens (tertiary/aromatic N) is 4. The van der Waals surface area contributed by atoms with E-state index in [-0.39, 0.29) is 5.91 Å². The van der Waals surface area contributed by atoms with Gasteiger partial charge in [0.2, 0.25) is 0 Å². The zero-order valence-electron chi connectivity index (χ0n) is 17.1. The van der Waals surface area contributed by atoms with Gasteiger partial charge in [0.15, 0.2) is 0 Å². The summed E-state index contributed by atoms with van der Waals surface area (Å²) in [4.78, 5) is 29.9. The van der Waals surface area contributed by atoms with Gasteiger partial charge >= 0.3 is 0 Å². The van der Waals surface area contributed by atoms with Gasteiger partial charge in [-0.1, -0.05) is 18.2 Å². The summed E-state index contributed by atoms with van der Waals surface area (Å²) in [5.74, 6) is 1.59. The zero-order chi connectivity index (χ0) is 20.7. The fourth-order valence-electron chi connectivity index (χ4n) is 3.78. The van der Waals surface area contributed by atoms with E-state index in [2.05, 4.69) is 26.3 Å². The highest BCUT2D eigenvalue weighted by molar-refractivity contribution is 7.20. The number of carbonyl (C=O) groups is 1. The van der Waals surface area contributed by atoms with Crippen LogP contribution in [0.5, 0.6) is 0 Å². The van der Waals surface area contributed by atoms with E-state index in [1.54, 1.807) is 17.4 Å². The normalized spacial score (nSPS) is 13.7. The molecular formula is C23H23N5OS. The van der Waals surface area contributed by atoms with E-state index in [0.717, 1.165) is 55.4 Å². The van der Waals surface area contributed by atoms with E-state index >= 15 is 0 Å². The van der Waals surface area contributed by atoms with Crippen LogP contribution in [0.2, 0.25) is 0 Å². The van der Waals surface area contributed by atoms with Crippen LogP contribution in [-0.2, 0) is 6.54 Å². The van der Waals surface area contributed by atoms with E-state index in [0.29, 0.717) is 6.54 Å². The Labute approximate surface area is 179 Å². The van der Waals surface area contributed by atoms with Crippen LogP contribution in [0, 0.1) is 12.8 Å². The quantitative estimate of drug-likeness (QED) is 0.495. The Morgan fingerprint density at radius 2 is 2.07 bits per heavy atom. The lowest BCUT2D eigenvalue weighted by molar-refractivity contribution is 0.0790. The minimum absolute atomic E-state index is 0.00420. The number of thiophene rings is 1. The van der Waals surface area contributed by atoms with Gasteiger partial charge in [0.25, 0.3) is 5.91 Å². The van der Waals surface area contributed by atoms with Crippen LogP contribution in [0.15, 0.2) is 42.9 Å². The molecule has 0 bridgehead atoms. The number of fused-ring (bicyclic) bond motifs is 2. The average molecular weight is 418 g/mol. The third-order valence-electron chi connectivity index (χ3n) is 5.67. The largest absolute Gasteiger partial charge is 0.369 e. The molecule has 0 radical (unpaired) electrons. The maximum Gasteiger partial charge on any atom is 0.264 e. The number of aromatic nitrogens is 3. The average Bonchev–Trinajstić information content (AvgIpc) is 3.54. The number of rotatable bonds is 6. The second-order valence-electron chi connectivity index (χ2n) is 7.93. The molecule has 1 aliphatic rings. The molecule has 3 aromatic heterocycles. The van der Waals surface area contributed by atoms with Crippen molar-refractivity contribution in [2.45, 2.75) is 26.3 Å². The molecular weight excluding hydrogens is 394 g/mol. The Bertz CT molecular complexity index is 1240. The van der Waals surface area contributed by atoms with E-state index < -0.39 is 0 Å². The maximum absolute atomic E-state index is 13.3. The molecule has 30 heavy (non-hydrogen) atoms. The molecule has 4 aromatic rings. The van der Waals surface area contributed by atoms with Gasteiger partial charge in [-0.3, -0.25) is 9.78 Å². The van der Waals surface area contributed by atoms with Crippen molar-refractivity contribution in [3.8, 4) is 0 Å². The summed E-state index contributed by atoms with van der Waals surface area (Å²) in [6.45, 7) is 3.45. The molecule has 3 heterocycles. The van der Waals surface area contributed by atoms with Crippen molar-refractivity contribution in [1.82, 2.24) is 19.9 Å². The van der Waals surface area contributed by atoms with Gasteiger partial charge < -0.3 is 10.2 Å². The van der Waals surface area contributed by atoms with Gasteiger partial charge in [0.1, 0.15) is 17.0 Å². The van der Waals surface area contributed by atoms with Crippen LogP contribution in [-0.4, -0.2) is 39.4 Å². The van der Waals surface area contributed by atoms with Crippen LogP contribution in [0.4, 0.5) is 5.82 Å². The van der Waals surface area contributed by atoms with Crippen molar-refractivity contribution in [1.29, 1.82) is 0 Å². The van der Waals surface area contributed by atoms with Crippen LogP contribution in [0.3, 0.4) is 0 Å². The Morgan fingerprint density at radius 3 is 2.90 bits per heavy atom. The molecule has 0 unspecified atom stereocenters. The summed E-state index contributed by atoms with van der Waals surface area (Å²) >= 11 is 1.44. The molecule has 1 N–H and O–H groups in total. The second-order valence-corrected chi connectivity index (χ2v) is 8.93. The number of benzene rings is 1. The van der Waals surface area contributed by atoms with Crippen molar-refractivity contribution in [2.75, 3.05) is 18.9 Å². The van der Waals surface area contributed by atoms with E-state index in [1.807, 2.05) is 38.2 Å². The van der Waals surface area contributed by atoms with Gasteiger partial charge in [0.05, 0.1) is 15.8 Å². The molecule has 1 saturated carbocycles. The topological polar surface area (TPSA) is 71.0 Å². The van der Waals surface area contributed by atoms with Gasteiger partial charge in [-0.05, 0) is 48.9 Å². The highest BCUT2D eigenvalue weighted by atomic mass is 32.1. The Balaban J connectivity index is 1.43. The van der Waals surface area contributed by atoms with Crippen LogP contribution in [0.25, 0.3) is 21.1 Å². The van der Waals surface area contributed by atoms with E-state index in [1.165, 1.54) is 24.2 Å². The molecule has 0 saturated heterocycles. The molecule has 7 heteroatoms. The summed E-state index contributed by atoms with van der Waals surface area (Å²) in [6, 6.07) is 10.0. The van der Waals surface area contributed by atoms with Crippen molar-refractivity contribution < 1.29 is 4.79 Å². The molecule has 1 amide bonds. The van der Waals surface area contributed by atoms with Crippen LogP contribution in [0.1, 0.15) is 33.6 Å². The molecule has 0 aliphatic heterocycles. The number of hydrogen-bond donors (Lipinski definition) is 1. The van der Waals surface area contributed by atoms with Crippen molar-refractivity contribution in [3.63, 3.8) is 0 Å². The number of pyridine rings is 1. The van der Waals surface area contributed by atoms with Gasteiger partial charge in [0, 0.05) is 31.7 Å². The van der Waals surface area contributed by atoms with E-state index in [4.69, 9.17) is 0 Å². The second kappa shape index (κ2) is 7.65. The standard InChI is InChI=1S/C23H23N5OS/c1-14-19-21(25-11-15-8-9-15)26-13-27-22(19)30-20(14)23(29)28(2)12-16-5-3-7-18-17(16)6-4-10-24-18/h3-7,10,13,15H,8-9,11-12H2,1-2H3,(H,25,26,27). The molecule has 1 aromatic carbocycles. The van der Waals surface area contributed by atoms with Crippen LogP contribution < -0.4 is 5.32 Å². The third-order valence-corrected chi connectivity index (χ3v) is 6.85. The maximum atomic E-state index is 13.3. The number of anilines is 1. The first-order valence-electron chi connectivity index (χ1n) is 10.2. The zero-order valence-corrected chi connectivity index (χ0v) is 17.9. The van der Waals surface area contributed by atoms with Gasteiger partial charge in [-0.15, -0.1) is 11.3 Å². The molecule has 1 aliphatic carbocycles. The Hall–Kier alpha value is -3.06. The molecule has 0 spiro atoms. The minimum Gasteiger partial charge on any atom is -0.369 e. The van der Waals surface area contributed by atoms with Crippen LogP contribution >= 0.6 is 11.3 Å². The predicted octanol–water partition coefficient (Wildman–Crippen LogP) is 4.64. The Morgan fingerprint density at radius 1 is 1.20 bits per heavy atom. The van der Waals surface area contributed by atoms with E-state index in [9.17, 15) is 4.79 Å². The summed E-state index contributed by atoms with van der Waals surface area (Å²) in [5, 5.41) is 5.50. The lowest BCUT2D eigenvalue weighted by Crippen LogP contribution is -2.26. The third kappa shape index (κ3) is 3.50. The first kappa shape index (κ1) is 18.9. The number of amides is 1. The smallest absolute Gasteiger partial charge is 0.264 e. The van der Waals surface area contributed by atoms with Gasteiger partial charge in [-0.2, -0.15) is 0 Å². The highest BCUT2D eigenvalue weighted by Gasteiger charge is 2.24. The molecule has 0 atom stereocenters. The number of carbonyl (C=O) groups excluding carboxylic acids is 1. The number of aryl methyl sites for hydroxylation is 1. The molecule has 5 rings (SSSR count). The fourth-order valence-corrected chi connectivity index (χ4v) is 4.92. The fraction of sp³-hybridized carbons (Fsp3) is 0.304. The van der Waals surface area contributed by atoms with Crippen molar-refractivity contribution >= 4 is 44.2 Å². The first-order valence-corrected chi connectivity index (χ1v) is 11.0. The SMILES string of the molecule is Cc1c(C(=O)N(C)Cc2cccc3ncccc23)sc2ncnc(NCC3CC3)c12. The number of hydrogen-bond acceptors (Lipinski definition) is 6. The summed E-state index contributed by atoms with van der Waals surface area (Å²) < 4.78 is 0. The number of nitrogens with one attached hydrogen (secondary N) is 1. The van der Waals surface area contributed by atoms with Crippen molar-refractivity contribution in [2.24, 2.45) is 5.92 Å². The monoisotopic (exact) mass is 417 g/mol. The van der Waals surface area contributed by atoms with Gasteiger partial charge in [-0.25, -0.2) is 9.97 Å². The predicted molar refractivity (Wildman–Crippen MR) is 121 cm³/mol. The summed E-state index contributed by atoms with van der Waals surface area (Å²) in [5.41, 5.74) is 2.97. The summed E-state index contributed by atoms with van der Waals surface area (Å²) in [6.07, 6.45) is 5.93. The Kier molecular flexibility index (Phi) is 4.83. The summed E-state index contributed by atoms with van der Waals surface area (Å²) in [7, 11) is 1.85. The lowest BCUT2D eigenvalue weighted by Gasteiger charge is -2.18. The molecule has 6 nitrogen and oxygen atoms in total. The lowest BCUT2D eigenvalue weighted by atomic mass is 10.1. The molecule has 1 fully saturated rings. The minimum atomic E-state index is 0.00420.